The molecule has 2 aliphatic heterocycles. The number of furan rings is 1. The molecule has 3 aromatic rings. The van der Waals surface area contributed by atoms with Crippen LogP contribution in [-0.4, -0.2) is 66.3 Å². The quantitative estimate of drug-likeness (QED) is 0.499. The molecule has 1 aromatic heterocycles. The Morgan fingerprint density at radius 1 is 1.08 bits per heavy atom. The number of benzene rings is 2. The molecule has 6 rings (SSSR count). The number of rotatable bonds is 7. The highest BCUT2D eigenvalue weighted by molar-refractivity contribution is 6.15. The van der Waals surface area contributed by atoms with E-state index in [0.29, 0.717) is 18.9 Å². The van der Waals surface area contributed by atoms with Crippen LogP contribution < -0.4 is 0 Å². The highest BCUT2D eigenvalue weighted by Crippen LogP contribution is 2.34. The van der Waals surface area contributed by atoms with Gasteiger partial charge in [0.25, 0.3) is 5.91 Å². The molecule has 3 heterocycles. The number of carbonyl (C=O) groups is 2. The van der Waals surface area contributed by atoms with E-state index in [-0.39, 0.29) is 30.3 Å². The number of nitrogens with zero attached hydrogens (tertiary/aromatic N) is 3. The van der Waals surface area contributed by atoms with Crippen LogP contribution in [0, 0.1) is 11.8 Å². The molecule has 2 amide bonds. The third kappa shape index (κ3) is 4.11. The number of methoxy groups -OCH3 is 1. The summed E-state index contributed by atoms with van der Waals surface area (Å²) in [6.07, 6.45) is 4.64. The molecule has 36 heavy (non-hydrogen) atoms. The second kappa shape index (κ2) is 8.89. The Morgan fingerprint density at radius 2 is 1.83 bits per heavy atom. The van der Waals surface area contributed by atoms with E-state index in [9.17, 15) is 9.59 Å². The predicted molar refractivity (Wildman–Crippen MR) is 138 cm³/mol. The standard InChI is InChI=1S/C29H31N3O4/c1-29(18-35-2)28(34)32(17-19-11-13-31(16-19)27(33)22-7-8-22)26(30-29)21-5-3-20(4-6-21)23-9-10-25-24(15-23)12-14-36-25/h3-6,9-10,12,14-15,19,22H,7-8,11,13,16-18H2,1-2H3/t19-,29+/m1/s1. The SMILES string of the molecule is COC[C@]1(C)N=C(c2ccc(-c3ccc4occc4c3)cc2)N(C[C@@H]2CCN(C(=O)C3CC3)C2)C1=O. The monoisotopic (exact) mass is 485 g/mol. The zero-order valence-electron chi connectivity index (χ0n) is 20.8. The number of likely N-dealkylation sites (tertiary alicyclic amines) is 1. The van der Waals surface area contributed by atoms with Crippen molar-refractivity contribution in [3.05, 3.63) is 60.4 Å². The zero-order chi connectivity index (χ0) is 24.9. The van der Waals surface area contributed by atoms with E-state index in [1.165, 1.54) is 0 Å². The average Bonchev–Trinajstić information content (AvgIpc) is 3.35. The summed E-state index contributed by atoms with van der Waals surface area (Å²) in [5.41, 5.74) is 3.01. The van der Waals surface area contributed by atoms with Crippen molar-refractivity contribution in [3.63, 3.8) is 0 Å². The highest BCUT2D eigenvalue weighted by Gasteiger charge is 2.46. The lowest BCUT2D eigenvalue weighted by atomic mass is 10.0. The van der Waals surface area contributed by atoms with Crippen LogP contribution in [0.5, 0.6) is 0 Å². The molecule has 3 aliphatic rings. The maximum Gasteiger partial charge on any atom is 0.258 e. The topological polar surface area (TPSA) is 75.4 Å². The fourth-order valence-electron chi connectivity index (χ4n) is 5.48. The van der Waals surface area contributed by atoms with Crippen LogP contribution in [0.25, 0.3) is 22.1 Å². The number of carbonyl (C=O) groups excluding carboxylic acids is 2. The van der Waals surface area contributed by atoms with E-state index in [4.69, 9.17) is 14.1 Å². The third-order valence-electron chi connectivity index (χ3n) is 7.63. The van der Waals surface area contributed by atoms with Gasteiger partial charge in [-0.2, -0.15) is 0 Å². The summed E-state index contributed by atoms with van der Waals surface area (Å²) >= 11 is 0. The minimum absolute atomic E-state index is 0.0409. The number of aliphatic imine (C=N–C) groups is 1. The number of amidine groups is 1. The Labute approximate surface area is 210 Å². The van der Waals surface area contributed by atoms with E-state index in [2.05, 4.69) is 18.2 Å². The molecule has 0 radical (unpaired) electrons. The van der Waals surface area contributed by atoms with Crippen molar-refractivity contribution in [2.75, 3.05) is 33.4 Å². The Bertz CT molecular complexity index is 1340. The molecule has 1 saturated heterocycles. The van der Waals surface area contributed by atoms with Crippen molar-refractivity contribution in [3.8, 4) is 11.1 Å². The summed E-state index contributed by atoms with van der Waals surface area (Å²) in [7, 11) is 1.60. The van der Waals surface area contributed by atoms with Gasteiger partial charge in [-0.25, -0.2) is 4.99 Å². The largest absolute Gasteiger partial charge is 0.464 e. The molecule has 0 N–H and O–H groups in total. The van der Waals surface area contributed by atoms with Gasteiger partial charge in [0.2, 0.25) is 5.91 Å². The Kier molecular flexibility index (Phi) is 5.67. The normalized spacial score (nSPS) is 24.1. The fraction of sp³-hybridized carbons (Fsp3) is 0.414. The van der Waals surface area contributed by atoms with E-state index < -0.39 is 5.54 Å². The smallest absolute Gasteiger partial charge is 0.258 e. The summed E-state index contributed by atoms with van der Waals surface area (Å²) in [6.45, 7) is 4.11. The van der Waals surface area contributed by atoms with Gasteiger partial charge >= 0.3 is 0 Å². The van der Waals surface area contributed by atoms with Gasteiger partial charge in [-0.1, -0.05) is 30.3 Å². The van der Waals surface area contributed by atoms with Crippen LogP contribution in [0.3, 0.4) is 0 Å². The van der Waals surface area contributed by atoms with Gasteiger partial charge in [-0.3, -0.25) is 14.5 Å². The lowest BCUT2D eigenvalue weighted by Crippen LogP contribution is -2.45. The number of ether oxygens (including phenoxy) is 1. The summed E-state index contributed by atoms with van der Waals surface area (Å²) in [6, 6.07) is 16.3. The molecule has 0 bridgehead atoms. The summed E-state index contributed by atoms with van der Waals surface area (Å²) in [5.74, 6) is 1.40. The Hall–Kier alpha value is -3.45. The zero-order valence-corrected chi connectivity index (χ0v) is 20.8. The van der Waals surface area contributed by atoms with Crippen LogP contribution in [0.1, 0.15) is 31.7 Å². The van der Waals surface area contributed by atoms with Crippen molar-refractivity contribution < 1.29 is 18.7 Å². The van der Waals surface area contributed by atoms with E-state index >= 15 is 0 Å². The van der Waals surface area contributed by atoms with Crippen molar-refractivity contribution in [2.24, 2.45) is 16.8 Å². The first kappa shape index (κ1) is 23.0. The number of fused-ring (bicyclic) bond motifs is 1. The van der Waals surface area contributed by atoms with Crippen LogP contribution in [0.4, 0.5) is 0 Å². The fourth-order valence-corrected chi connectivity index (χ4v) is 5.48. The van der Waals surface area contributed by atoms with Gasteiger partial charge in [0.15, 0.2) is 5.54 Å². The van der Waals surface area contributed by atoms with Gasteiger partial charge in [-0.05, 0) is 61.4 Å². The minimum atomic E-state index is -0.947. The molecule has 2 aromatic carbocycles. The summed E-state index contributed by atoms with van der Waals surface area (Å²) < 4.78 is 10.8. The van der Waals surface area contributed by atoms with Gasteiger partial charge in [-0.15, -0.1) is 0 Å². The van der Waals surface area contributed by atoms with Crippen molar-refractivity contribution >= 4 is 28.6 Å². The first-order valence-electron chi connectivity index (χ1n) is 12.7. The summed E-state index contributed by atoms with van der Waals surface area (Å²) in [4.78, 5) is 34.8. The van der Waals surface area contributed by atoms with E-state index in [1.54, 1.807) is 13.4 Å². The molecule has 7 nitrogen and oxygen atoms in total. The van der Waals surface area contributed by atoms with Gasteiger partial charge in [0.1, 0.15) is 11.4 Å². The second-order valence-corrected chi connectivity index (χ2v) is 10.5. The van der Waals surface area contributed by atoms with Gasteiger partial charge < -0.3 is 14.1 Å². The molecule has 186 valence electrons. The maximum absolute atomic E-state index is 13.6. The molecule has 0 unspecified atom stereocenters. The van der Waals surface area contributed by atoms with Crippen LogP contribution >= 0.6 is 0 Å². The maximum atomic E-state index is 13.6. The second-order valence-electron chi connectivity index (χ2n) is 10.5. The number of amides is 2. The number of hydrogen-bond acceptors (Lipinski definition) is 5. The first-order valence-corrected chi connectivity index (χ1v) is 12.7. The molecular weight excluding hydrogens is 454 g/mol. The molecular formula is C29H31N3O4. The van der Waals surface area contributed by atoms with Crippen molar-refractivity contribution in [2.45, 2.75) is 31.7 Å². The molecule has 2 atom stereocenters. The van der Waals surface area contributed by atoms with E-state index in [0.717, 1.165) is 53.5 Å². The van der Waals surface area contributed by atoms with Gasteiger partial charge in [0.05, 0.1) is 12.9 Å². The lowest BCUT2D eigenvalue weighted by molar-refractivity contribution is -0.132. The van der Waals surface area contributed by atoms with Crippen molar-refractivity contribution in [1.82, 2.24) is 9.80 Å². The molecule has 1 aliphatic carbocycles. The first-order chi connectivity index (χ1) is 17.4. The van der Waals surface area contributed by atoms with Crippen LogP contribution in [-0.2, 0) is 14.3 Å². The molecule has 0 spiro atoms. The van der Waals surface area contributed by atoms with Crippen molar-refractivity contribution in [1.29, 1.82) is 0 Å². The molecule has 2 fully saturated rings. The van der Waals surface area contributed by atoms with Crippen LogP contribution in [0.15, 0.2) is 64.2 Å². The number of hydrogen-bond donors (Lipinski definition) is 0. The average molecular weight is 486 g/mol. The minimum Gasteiger partial charge on any atom is -0.464 e. The Balaban J connectivity index is 1.24. The van der Waals surface area contributed by atoms with Crippen LogP contribution in [0.2, 0.25) is 0 Å². The lowest BCUT2D eigenvalue weighted by Gasteiger charge is -2.25. The third-order valence-corrected chi connectivity index (χ3v) is 7.63. The predicted octanol–water partition coefficient (Wildman–Crippen LogP) is 4.35. The summed E-state index contributed by atoms with van der Waals surface area (Å²) in [5, 5.41) is 1.06. The highest BCUT2D eigenvalue weighted by atomic mass is 16.5. The van der Waals surface area contributed by atoms with E-state index in [1.807, 2.05) is 47.1 Å². The Morgan fingerprint density at radius 3 is 2.58 bits per heavy atom. The van der Waals surface area contributed by atoms with Gasteiger partial charge in [0, 0.05) is 43.6 Å². The molecule has 7 heteroatoms. The molecule has 1 saturated carbocycles.